The Balaban J connectivity index is 2.06. The van der Waals surface area contributed by atoms with Gasteiger partial charge in [0.15, 0.2) is 5.82 Å². The third kappa shape index (κ3) is 2.85. The number of fused-ring (bicyclic) bond motifs is 1. The van der Waals surface area contributed by atoms with Crippen molar-refractivity contribution in [2.45, 2.75) is 20.3 Å². The molecule has 0 aliphatic carbocycles. The fourth-order valence-electron chi connectivity index (χ4n) is 2.08. The van der Waals surface area contributed by atoms with Gasteiger partial charge in [0, 0.05) is 18.9 Å². The second-order valence-corrected chi connectivity index (χ2v) is 5.89. The van der Waals surface area contributed by atoms with E-state index in [9.17, 15) is 0 Å². The molecule has 0 unspecified atom stereocenters. The van der Waals surface area contributed by atoms with E-state index in [2.05, 4.69) is 49.8 Å². The normalized spacial score (nSPS) is 11.0. The predicted octanol–water partition coefficient (Wildman–Crippen LogP) is 3.53. The first-order valence-electron chi connectivity index (χ1n) is 6.91. The van der Waals surface area contributed by atoms with Gasteiger partial charge in [-0.25, -0.2) is 15.0 Å². The molecule has 0 aromatic carbocycles. The maximum atomic E-state index is 4.63. The number of aromatic nitrogens is 4. The molecule has 0 atom stereocenters. The highest BCUT2D eigenvalue weighted by Crippen LogP contribution is 2.23. The van der Waals surface area contributed by atoms with E-state index in [0.29, 0.717) is 5.82 Å². The molecule has 108 valence electrons. The Hall–Kier alpha value is -1.70. The van der Waals surface area contributed by atoms with Gasteiger partial charge in [0.2, 0.25) is 0 Å². The van der Waals surface area contributed by atoms with Crippen LogP contribution in [-0.2, 0) is 0 Å². The number of anilines is 1. The molecule has 0 aliphatic rings. The Kier molecular flexibility index (Phi) is 4.05. The lowest BCUT2D eigenvalue weighted by Crippen LogP contribution is -2.07. The van der Waals surface area contributed by atoms with E-state index < -0.39 is 0 Å². The molecule has 0 spiro atoms. The fraction of sp³-hybridized carbons (Fsp3) is 0.267. The van der Waals surface area contributed by atoms with E-state index >= 15 is 0 Å². The minimum atomic E-state index is 0.662. The Morgan fingerprint density at radius 3 is 2.86 bits per heavy atom. The molecule has 3 rings (SSSR count). The Morgan fingerprint density at radius 1 is 1.24 bits per heavy atom. The molecule has 6 heteroatoms. The SMILES string of the molecule is CCCNc1nc(-c2cn3ccccc3n2)nc(C)c1I. The van der Waals surface area contributed by atoms with Gasteiger partial charge >= 0.3 is 0 Å². The molecule has 0 saturated heterocycles. The highest BCUT2D eigenvalue weighted by atomic mass is 127. The standard InChI is InChI=1S/C15H16IN5/c1-3-7-17-15-13(16)10(2)18-14(20-15)11-9-21-8-5-4-6-12(21)19-11/h4-6,8-9H,3,7H2,1-2H3,(H,17,18,20). The van der Waals surface area contributed by atoms with Crippen LogP contribution in [0, 0.1) is 10.5 Å². The third-order valence-corrected chi connectivity index (χ3v) is 4.44. The number of hydrogen-bond donors (Lipinski definition) is 1. The van der Waals surface area contributed by atoms with Crippen LogP contribution in [0.2, 0.25) is 0 Å². The van der Waals surface area contributed by atoms with Gasteiger partial charge in [-0.3, -0.25) is 0 Å². The van der Waals surface area contributed by atoms with Crippen molar-refractivity contribution in [2.75, 3.05) is 11.9 Å². The van der Waals surface area contributed by atoms with Gasteiger partial charge in [0.1, 0.15) is 17.2 Å². The van der Waals surface area contributed by atoms with Crippen molar-refractivity contribution in [3.63, 3.8) is 0 Å². The molecule has 3 heterocycles. The van der Waals surface area contributed by atoms with Crippen LogP contribution in [-0.4, -0.2) is 25.9 Å². The van der Waals surface area contributed by atoms with Gasteiger partial charge in [-0.05, 0) is 48.1 Å². The number of nitrogens with one attached hydrogen (secondary N) is 1. The van der Waals surface area contributed by atoms with Crippen LogP contribution < -0.4 is 5.32 Å². The minimum absolute atomic E-state index is 0.662. The highest BCUT2D eigenvalue weighted by Gasteiger charge is 2.13. The largest absolute Gasteiger partial charge is 0.369 e. The van der Waals surface area contributed by atoms with Crippen LogP contribution in [0.25, 0.3) is 17.2 Å². The first-order chi connectivity index (χ1) is 10.2. The number of halogens is 1. The molecule has 0 amide bonds. The molecule has 5 nitrogen and oxygen atoms in total. The zero-order valence-electron chi connectivity index (χ0n) is 12.0. The lowest BCUT2D eigenvalue weighted by atomic mass is 10.3. The molecule has 0 radical (unpaired) electrons. The van der Waals surface area contributed by atoms with E-state index in [-0.39, 0.29) is 0 Å². The van der Waals surface area contributed by atoms with Crippen LogP contribution in [0.4, 0.5) is 5.82 Å². The molecule has 0 aliphatic heterocycles. The maximum Gasteiger partial charge on any atom is 0.182 e. The van der Waals surface area contributed by atoms with Crippen LogP contribution in [0.3, 0.4) is 0 Å². The van der Waals surface area contributed by atoms with Crippen molar-refractivity contribution in [1.82, 2.24) is 19.4 Å². The summed E-state index contributed by atoms with van der Waals surface area (Å²) in [5.74, 6) is 1.55. The zero-order valence-corrected chi connectivity index (χ0v) is 14.1. The van der Waals surface area contributed by atoms with Crippen molar-refractivity contribution in [1.29, 1.82) is 0 Å². The summed E-state index contributed by atoms with van der Waals surface area (Å²) >= 11 is 2.28. The Labute approximate surface area is 137 Å². The summed E-state index contributed by atoms with van der Waals surface area (Å²) in [6, 6.07) is 5.92. The number of nitrogens with zero attached hydrogens (tertiary/aromatic N) is 4. The van der Waals surface area contributed by atoms with E-state index in [1.54, 1.807) is 0 Å². The van der Waals surface area contributed by atoms with Gasteiger partial charge in [0.05, 0.1) is 9.26 Å². The molecule has 21 heavy (non-hydrogen) atoms. The molecule has 3 aromatic rings. The number of pyridine rings is 1. The fourth-order valence-corrected chi connectivity index (χ4v) is 2.51. The average Bonchev–Trinajstić information content (AvgIpc) is 2.92. The van der Waals surface area contributed by atoms with Gasteiger partial charge in [-0.2, -0.15) is 0 Å². The molecule has 1 N–H and O–H groups in total. The molecule has 0 fully saturated rings. The van der Waals surface area contributed by atoms with Crippen molar-refractivity contribution < 1.29 is 0 Å². The third-order valence-electron chi connectivity index (χ3n) is 3.15. The average molecular weight is 393 g/mol. The summed E-state index contributed by atoms with van der Waals surface area (Å²) in [6.07, 6.45) is 4.99. The number of hydrogen-bond acceptors (Lipinski definition) is 4. The summed E-state index contributed by atoms with van der Waals surface area (Å²) < 4.78 is 3.04. The molecular weight excluding hydrogens is 377 g/mol. The predicted molar refractivity (Wildman–Crippen MR) is 92.5 cm³/mol. The highest BCUT2D eigenvalue weighted by molar-refractivity contribution is 14.1. The van der Waals surface area contributed by atoms with Gasteiger partial charge in [0.25, 0.3) is 0 Å². The van der Waals surface area contributed by atoms with E-state index in [1.807, 2.05) is 41.9 Å². The molecule has 0 saturated carbocycles. The van der Waals surface area contributed by atoms with Crippen molar-refractivity contribution in [2.24, 2.45) is 0 Å². The summed E-state index contributed by atoms with van der Waals surface area (Å²) in [7, 11) is 0. The number of aryl methyl sites for hydroxylation is 1. The van der Waals surface area contributed by atoms with Gasteiger partial charge < -0.3 is 9.72 Å². The minimum Gasteiger partial charge on any atom is -0.369 e. The van der Waals surface area contributed by atoms with Crippen molar-refractivity contribution in [3.8, 4) is 11.5 Å². The van der Waals surface area contributed by atoms with E-state index in [0.717, 1.165) is 39.4 Å². The smallest absolute Gasteiger partial charge is 0.182 e. The van der Waals surface area contributed by atoms with Crippen molar-refractivity contribution in [3.05, 3.63) is 39.9 Å². The van der Waals surface area contributed by atoms with Crippen LogP contribution in [0.15, 0.2) is 30.6 Å². The second kappa shape index (κ2) is 5.97. The van der Waals surface area contributed by atoms with Crippen LogP contribution >= 0.6 is 22.6 Å². The topological polar surface area (TPSA) is 55.1 Å². The molecule has 0 bridgehead atoms. The summed E-state index contributed by atoms with van der Waals surface area (Å²) in [5.41, 5.74) is 2.66. The van der Waals surface area contributed by atoms with Crippen LogP contribution in [0.5, 0.6) is 0 Å². The maximum absolute atomic E-state index is 4.63. The van der Waals surface area contributed by atoms with Crippen molar-refractivity contribution >= 4 is 34.1 Å². The summed E-state index contributed by atoms with van der Waals surface area (Å²) in [4.78, 5) is 13.8. The summed E-state index contributed by atoms with van der Waals surface area (Å²) in [6.45, 7) is 5.04. The quantitative estimate of drug-likeness (QED) is 0.690. The van der Waals surface area contributed by atoms with Gasteiger partial charge in [-0.15, -0.1) is 0 Å². The zero-order chi connectivity index (χ0) is 14.8. The van der Waals surface area contributed by atoms with Crippen LogP contribution in [0.1, 0.15) is 19.0 Å². The molecular formula is C15H16IN5. The number of imidazole rings is 1. The first kappa shape index (κ1) is 14.2. The first-order valence-corrected chi connectivity index (χ1v) is 7.99. The van der Waals surface area contributed by atoms with E-state index in [1.165, 1.54) is 0 Å². The Morgan fingerprint density at radius 2 is 2.10 bits per heavy atom. The van der Waals surface area contributed by atoms with Gasteiger partial charge in [-0.1, -0.05) is 13.0 Å². The lowest BCUT2D eigenvalue weighted by molar-refractivity contribution is 0.957. The number of rotatable bonds is 4. The second-order valence-electron chi connectivity index (χ2n) is 4.81. The monoisotopic (exact) mass is 393 g/mol. The molecule has 3 aromatic heterocycles. The lowest BCUT2D eigenvalue weighted by Gasteiger charge is -2.09. The summed E-state index contributed by atoms with van der Waals surface area (Å²) in [5, 5.41) is 3.35. The van der Waals surface area contributed by atoms with E-state index in [4.69, 9.17) is 0 Å². The Bertz CT molecular complexity index is 748.